The molecule has 5 heteroatoms. The number of hydrogen-bond donors (Lipinski definition) is 2. The van der Waals surface area contributed by atoms with E-state index in [0.717, 1.165) is 12.8 Å². The number of carbonyl (C=O) groups excluding carboxylic acids is 1. The van der Waals surface area contributed by atoms with Crippen LogP contribution in [0.1, 0.15) is 47.5 Å². The number of carboxylic acid groups (broad SMARTS) is 1. The van der Waals surface area contributed by atoms with E-state index in [0.29, 0.717) is 0 Å². The summed E-state index contributed by atoms with van der Waals surface area (Å²) in [6.07, 6.45) is 1.53. The summed E-state index contributed by atoms with van der Waals surface area (Å²) in [4.78, 5) is 24.3. The van der Waals surface area contributed by atoms with Crippen LogP contribution in [0.25, 0.3) is 0 Å². The van der Waals surface area contributed by atoms with Crippen molar-refractivity contribution in [2.75, 3.05) is 6.54 Å². The first-order valence-corrected chi connectivity index (χ1v) is 6.32. The maximum Gasteiger partial charge on any atom is 0.317 e. The number of carbonyl (C=O) groups is 2. The molecule has 1 saturated heterocycles. The van der Waals surface area contributed by atoms with Gasteiger partial charge in [-0.2, -0.15) is 0 Å². The monoisotopic (exact) mass is 256 g/mol. The van der Waals surface area contributed by atoms with Gasteiger partial charge >= 0.3 is 5.97 Å². The summed E-state index contributed by atoms with van der Waals surface area (Å²) in [6.45, 7) is 9.69. The number of piperidine rings is 1. The molecule has 1 fully saturated rings. The van der Waals surface area contributed by atoms with E-state index in [-0.39, 0.29) is 29.6 Å². The van der Waals surface area contributed by atoms with Gasteiger partial charge in [-0.05, 0) is 40.5 Å². The average Bonchev–Trinajstić information content (AvgIpc) is 2.09. The first kappa shape index (κ1) is 15.0. The van der Waals surface area contributed by atoms with Crippen LogP contribution < -0.4 is 5.32 Å². The predicted molar refractivity (Wildman–Crippen MR) is 69.3 cm³/mol. The first-order chi connectivity index (χ1) is 8.06. The fourth-order valence-corrected chi connectivity index (χ4v) is 3.51. The molecule has 0 radical (unpaired) electrons. The molecular weight excluding hydrogens is 232 g/mol. The van der Waals surface area contributed by atoms with Crippen LogP contribution in [0.5, 0.6) is 0 Å². The van der Waals surface area contributed by atoms with Crippen molar-refractivity contribution >= 4 is 11.9 Å². The lowest BCUT2D eigenvalue weighted by atomic mass is 9.77. The molecule has 1 heterocycles. The van der Waals surface area contributed by atoms with Gasteiger partial charge < -0.3 is 15.3 Å². The standard InChI is InChI=1S/C13H24N2O3/c1-9(16)15-12(2,3)6-10(7-13(15,4)5)14-8-11(17)18/h10,14H,6-8H2,1-5H3,(H,17,18). The highest BCUT2D eigenvalue weighted by molar-refractivity contribution is 5.75. The molecule has 0 aromatic heterocycles. The molecule has 0 bridgehead atoms. The maximum absolute atomic E-state index is 11.8. The Morgan fingerprint density at radius 2 is 1.67 bits per heavy atom. The van der Waals surface area contributed by atoms with Crippen LogP contribution in [-0.4, -0.2) is 45.5 Å². The molecule has 18 heavy (non-hydrogen) atoms. The second-order valence-electron chi connectivity index (χ2n) is 6.36. The van der Waals surface area contributed by atoms with Crippen LogP contribution in [0.2, 0.25) is 0 Å². The molecule has 1 amide bonds. The number of aliphatic carboxylic acids is 1. The minimum atomic E-state index is -0.848. The Bertz CT molecular complexity index is 332. The van der Waals surface area contributed by atoms with Crippen molar-refractivity contribution in [2.45, 2.75) is 64.6 Å². The van der Waals surface area contributed by atoms with Crippen LogP contribution in [0.4, 0.5) is 0 Å². The summed E-state index contributed by atoms with van der Waals surface area (Å²) in [5.41, 5.74) is -0.520. The summed E-state index contributed by atoms with van der Waals surface area (Å²) in [6, 6.07) is 0.127. The van der Waals surface area contributed by atoms with E-state index in [2.05, 4.69) is 5.32 Å². The van der Waals surface area contributed by atoms with Crippen molar-refractivity contribution in [3.63, 3.8) is 0 Å². The number of amides is 1. The van der Waals surface area contributed by atoms with E-state index >= 15 is 0 Å². The smallest absolute Gasteiger partial charge is 0.317 e. The molecular formula is C13H24N2O3. The third kappa shape index (κ3) is 3.22. The van der Waals surface area contributed by atoms with Gasteiger partial charge in [0.1, 0.15) is 0 Å². The second-order valence-corrected chi connectivity index (χ2v) is 6.36. The second kappa shape index (κ2) is 4.88. The largest absolute Gasteiger partial charge is 0.480 e. The molecule has 0 aromatic rings. The Hall–Kier alpha value is -1.10. The molecule has 1 rings (SSSR count). The maximum atomic E-state index is 11.8. The van der Waals surface area contributed by atoms with Crippen LogP contribution >= 0.6 is 0 Å². The summed E-state index contributed by atoms with van der Waals surface area (Å²) < 4.78 is 0. The van der Waals surface area contributed by atoms with Crippen molar-refractivity contribution < 1.29 is 14.7 Å². The summed E-state index contributed by atoms with van der Waals surface area (Å²) in [7, 11) is 0. The molecule has 1 aliphatic heterocycles. The van der Waals surface area contributed by atoms with Gasteiger partial charge in [-0.25, -0.2) is 0 Å². The molecule has 104 valence electrons. The molecule has 0 aromatic carbocycles. The molecule has 0 unspecified atom stereocenters. The molecule has 0 spiro atoms. The van der Waals surface area contributed by atoms with Crippen molar-refractivity contribution in [1.29, 1.82) is 0 Å². The summed E-state index contributed by atoms with van der Waals surface area (Å²) in [5, 5.41) is 11.8. The van der Waals surface area contributed by atoms with E-state index in [1.165, 1.54) is 0 Å². The van der Waals surface area contributed by atoms with Gasteiger partial charge in [0.25, 0.3) is 0 Å². The quantitative estimate of drug-likeness (QED) is 0.797. The lowest BCUT2D eigenvalue weighted by Gasteiger charge is -2.55. The average molecular weight is 256 g/mol. The highest BCUT2D eigenvalue weighted by Gasteiger charge is 2.46. The van der Waals surface area contributed by atoms with Crippen molar-refractivity contribution in [2.24, 2.45) is 0 Å². The lowest BCUT2D eigenvalue weighted by molar-refractivity contribution is -0.148. The van der Waals surface area contributed by atoms with Gasteiger partial charge in [-0.3, -0.25) is 9.59 Å². The van der Waals surface area contributed by atoms with Gasteiger partial charge in [-0.15, -0.1) is 0 Å². The normalized spacial score (nSPS) is 22.8. The predicted octanol–water partition coefficient (Wildman–Crippen LogP) is 1.23. The number of nitrogens with zero attached hydrogens (tertiary/aromatic N) is 1. The Labute approximate surface area is 109 Å². The molecule has 0 saturated carbocycles. The minimum absolute atomic E-state index is 0.0309. The molecule has 1 aliphatic rings. The van der Waals surface area contributed by atoms with Crippen LogP contribution in [0.3, 0.4) is 0 Å². The molecule has 0 atom stereocenters. The van der Waals surface area contributed by atoms with E-state index < -0.39 is 5.97 Å². The lowest BCUT2D eigenvalue weighted by Crippen LogP contribution is -2.65. The summed E-state index contributed by atoms with van der Waals surface area (Å²) >= 11 is 0. The number of carboxylic acids is 1. The molecule has 5 nitrogen and oxygen atoms in total. The van der Waals surface area contributed by atoms with Crippen molar-refractivity contribution in [1.82, 2.24) is 10.2 Å². The van der Waals surface area contributed by atoms with E-state index in [4.69, 9.17) is 5.11 Å². The number of rotatable bonds is 3. The zero-order valence-electron chi connectivity index (χ0n) is 11.9. The fourth-order valence-electron chi connectivity index (χ4n) is 3.51. The van der Waals surface area contributed by atoms with Gasteiger partial charge in [0.15, 0.2) is 0 Å². The van der Waals surface area contributed by atoms with Gasteiger partial charge in [0.2, 0.25) is 5.91 Å². The number of hydrogen-bond acceptors (Lipinski definition) is 3. The summed E-state index contributed by atoms with van der Waals surface area (Å²) in [5.74, 6) is -0.777. The number of nitrogens with one attached hydrogen (secondary N) is 1. The first-order valence-electron chi connectivity index (χ1n) is 6.32. The number of likely N-dealkylation sites (tertiary alicyclic amines) is 1. The molecule has 2 N–H and O–H groups in total. The highest BCUT2D eigenvalue weighted by atomic mass is 16.4. The topological polar surface area (TPSA) is 69.6 Å². The van der Waals surface area contributed by atoms with Crippen molar-refractivity contribution in [3.8, 4) is 0 Å². The Balaban J connectivity index is 2.84. The molecule has 0 aliphatic carbocycles. The van der Waals surface area contributed by atoms with Gasteiger partial charge in [-0.1, -0.05) is 0 Å². The zero-order valence-corrected chi connectivity index (χ0v) is 11.9. The van der Waals surface area contributed by atoms with E-state index in [1.54, 1.807) is 6.92 Å². The Morgan fingerprint density at radius 3 is 2.00 bits per heavy atom. The SMILES string of the molecule is CC(=O)N1C(C)(C)CC(NCC(=O)O)CC1(C)C. The third-order valence-electron chi connectivity index (χ3n) is 3.56. The fraction of sp³-hybridized carbons (Fsp3) is 0.846. The zero-order chi connectivity index (χ0) is 14.1. The van der Waals surface area contributed by atoms with Crippen LogP contribution in [0, 0.1) is 0 Å². The van der Waals surface area contributed by atoms with Gasteiger partial charge in [0, 0.05) is 24.0 Å². The minimum Gasteiger partial charge on any atom is -0.480 e. The van der Waals surface area contributed by atoms with Crippen LogP contribution in [0.15, 0.2) is 0 Å². The van der Waals surface area contributed by atoms with Crippen LogP contribution in [-0.2, 0) is 9.59 Å². The van der Waals surface area contributed by atoms with Gasteiger partial charge in [0.05, 0.1) is 6.54 Å². The van der Waals surface area contributed by atoms with E-state index in [9.17, 15) is 9.59 Å². The van der Waals surface area contributed by atoms with E-state index in [1.807, 2.05) is 32.6 Å². The highest BCUT2D eigenvalue weighted by Crippen LogP contribution is 2.38. The Morgan fingerprint density at radius 1 is 1.22 bits per heavy atom. The Kier molecular flexibility index (Phi) is 4.05. The third-order valence-corrected chi connectivity index (χ3v) is 3.56. The van der Waals surface area contributed by atoms with Crippen molar-refractivity contribution in [3.05, 3.63) is 0 Å².